The number of carboxylic acid groups (broad SMARTS) is 1. The van der Waals surface area contributed by atoms with Crippen LogP contribution >= 0.6 is 0 Å². The van der Waals surface area contributed by atoms with Crippen LogP contribution in [-0.4, -0.2) is 49.7 Å². The molecule has 0 radical (unpaired) electrons. The van der Waals surface area contributed by atoms with E-state index >= 15 is 0 Å². The van der Waals surface area contributed by atoms with E-state index in [1.54, 1.807) is 32.9 Å². The molecule has 0 saturated heterocycles. The number of benzene rings is 1. The number of aromatic nitrogens is 4. The van der Waals surface area contributed by atoms with E-state index < -0.39 is 23.6 Å². The highest BCUT2D eigenvalue weighted by molar-refractivity contribution is 5.76. The van der Waals surface area contributed by atoms with E-state index in [0.717, 1.165) is 0 Å². The number of carbonyl (C=O) groups is 2. The number of aliphatic carboxylic acids is 1. The highest BCUT2D eigenvalue weighted by atomic mass is 16.6. The number of hydrogen-bond donors (Lipinski definition) is 2. The lowest BCUT2D eigenvalue weighted by molar-refractivity contribution is -0.138. The lowest BCUT2D eigenvalue weighted by atomic mass is 10.1. The van der Waals surface area contributed by atoms with Crippen molar-refractivity contribution in [2.75, 3.05) is 6.54 Å². The van der Waals surface area contributed by atoms with Gasteiger partial charge in [-0.15, -0.1) is 20.4 Å². The smallest absolute Gasteiger partial charge is 0.407 e. The first kappa shape index (κ1) is 18.2. The van der Waals surface area contributed by atoms with Gasteiger partial charge in [-0.25, -0.2) is 4.79 Å². The molecule has 25 heavy (non-hydrogen) atoms. The molecule has 9 heteroatoms. The summed E-state index contributed by atoms with van der Waals surface area (Å²) in [6.45, 7) is 4.89. The summed E-state index contributed by atoms with van der Waals surface area (Å²) in [5, 5.41) is 27.2. The number of alkyl carbamates (subject to hydrolysis) is 1. The number of rotatable bonds is 5. The van der Waals surface area contributed by atoms with Crippen molar-refractivity contribution in [1.82, 2.24) is 25.7 Å². The van der Waals surface area contributed by atoms with Gasteiger partial charge in [0.2, 0.25) is 5.82 Å². The van der Waals surface area contributed by atoms with Gasteiger partial charge in [0.1, 0.15) is 11.5 Å². The van der Waals surface area contributed by atoms with Crippen molar-refractivity contribution < 1.29 is 19.4 Å². The van der Waals surface area contributed by atoms with Gasteiger partial charge in [-0.1, -0.05) is 30.3 Å². The lowest BCUT2D eigenvalue weighted by Gasteiger charge is -2.20. The second-order valence-electron chi connectivity index (χ2n) is 6.22. The maximum absolute atomic E-state index is 11.7. The zero-order chi connectivity index (χ0) is 18.4. The van der Waals surface area contributed by atoms with Crippen LogP contribution in [-0.2, 0) is 9.53 Å². The predicted octanol–water partition coefficient (Wildman–Crippen LogP) is 1.63. The zero-order valence-electron chi connectivity index (χ0n) is 14.1. The van der Waals surface area contributed by atoms with Crippen LogP contribution in [0.2, 0.25) is 0 Å². The molecule has 2 rings (SSSR count). The number of hydrogen-bond acceptors (Lipinski definition) is 7. The standard InChI is InChI=1S/C16H19N5O4/c1-16(2,3)25-15(24)17-9-11(14(22)23)13-20-18-12(19-21-13)10-7-5-4-6-8-10/h4-8,11H,9H2,1-3H3,(H,17,24)(H,22,23). The number of carboxylic acids is 1. The van der Waals surface area contributed by atoms with E-state index in [0.29, 0.717) is 5.56 Å². The van der Waals surface area contributed by atoms with Crippen molar-refractivity contribution in [3.63, 3.8) is 0 Å². The van der Waals surface area contributed by atoms with Crippen molar-refractivity contribution in [2.24, 2.45) is 0 Å². The molecule has 9 nitrogen and oxygen atoms in total. The summed E-state index contributed by atoms with van der Waals surface area (Å²) in [5.74, 6) is -2.19. The molecule has 0 bridgehead atoms. The first-order valence-electron chi connectivity index (χ1n) is 7.58. The van der Waals surface area contributed by atoms with Gasteiger partial charge in [-0.3, -0.25) is 4.79 Å². The normalized spacial score (nSPS) is 12.3. The van der Waals surface area contributed by atoms with Gasteiger partial charge < -0.3 is 15.2 Å². The second-order valence-corrected chi connectivity index (χ2v) is 6.22. The molecule has 1 atom stereocenters. The Morgan fingerprint density at radius 2 is 1.72 bits per heavy atom. The summed E-state index contributed by atoms with van der Waals surface area (Å²) in [4.78, 5) is 23.1. The average Bonchev–Trinajstić information content (AvgIpc) is 2.54. The van der Waals surface area contributed by atoms with Crippen LogP contribution in [0.3, 0.4) is 0 Å². The van der Waals surface area contributed by atoms with Crippen LogP contribution in [0, 0.1) is 0 Å². The minimum absolute atomic E-state index is 0.0942. The lowest BCUT2D eigenvalue weighted by Crippen LogP contribution is -2.37. The quantitative estimate of drug-likeness (QED) is 0.837. The van der Waals surface area contributed by atoms with Crippen molar-refractivity contribution in [3.8, 4) is 11.4 Å². The minimum Gasteiger partial charge on any atom is -0.481 e. The molecule has 2 aromatic rings. The zero-order valence-corrected chi connectivity index (χ0v) is 14.1. The fourth-order valence-corrected chi connectivity index (χ4v) is 1.87. The van der Waals surface area contributed by atoms with Crippen LogP contribution in [0.1, 0.15) is 32.5 Å². The molecule has 0 fully saturated rings. The summed E-state index contributed by atoms with van der Waals surface area (Å²) >= 11 is 0. The minimum atomic E-state index is -1.20. The summed E-state index contributed by atoms with van der Waals surface area (Å²) in [6.07, 6.45) is -0.722. The molecule has 0 aliphatic carbocycles. The maximum atomic E-state index is 11.7. The summed E-state index contributed by atoms with van der Waals surface area (Å²) in [7, 11) is 0. The topological polar surface area (TPSA) is 127 Å². The van der Waals surface area contributed by atoms with Crippen LogP contribution in [0.25, 0.3) is 11.4 Å². The Bertz CT molecular complexity index is 728. The number of nitrogens with one attached hydrogen (secondary N) is 1. The Hall–Kier alpha value is -3.10. The van der Waals surface area contributed by atoms with E-state index in [1.807, 2.05) is 18.2 Å². The molecule has 0 saturated carbocycles. The van der Waals surface area contributed by atoms with E-state index in [-0.39, 0.29) is 18.2 Å². The Balaban J connectivity index is 2.07. The Labute approximate surface area is 144 Å². The average molecular weight is 345 g/mol. The van der Waals surface area contributed by atoms with Crippen LogP contribution in [0.15, 0.2) is 30.3 Å². The fraction of sp³-hybridized carbons (Fsp3) is 0.375. The van der Waals surface area contributed by atoms with Gasteiger partial charge in [0.25, 0.3) is 0 Å². The van der Waals surface area contributed by atoms with Gasteiger partial charge in [0.15, 0.2) is 5.82 Å². The highest BCUT2D eigenvalue weighted by Crippen LogP contribution is 2.14. The third-order valence-corrected chi connectivity index (χ3v) is 2.99. The molecule has 1 amide bonds. The first-order chi connectivity index (χ1) is 11.8. The Morgan fingerprint density at radius 1 is 1.12 bits per heavy atom. The van der Waals surface area contributed by atoms with E-state index in [9.17, 15) is 14.7 Å². The second kappa shape index (κ2) is 7.65. The highest BCUT2D eigenvalue weighted by Gasteiger charge is 2.26. The summed E-state index contributed by atoms with van der Waals surface area (Å²) < 4.78 is 5.07. The van der Waals surface area contributed by atoms with E-state index in [4.69, 9.17) is 4.74 Å². The largest absolute Gasteiger partial charge is 0.481 e. The molecular weight excluding hydrogens is 326 g/mol. The van der Waals surface area contributed by atoms with Gasteiger partial charge in [0.05, 0.1) is 0 Å². The number of ether oxygens (including phenoxy) is 1. The predicted molar refractivity (Wildman–Crippen MR) is 87.7 cm³/mol. The maximum Gasteiger partial charge on any atom is 0.407 e. The van der Waals surface area contributed by atoms with Gasteiger partial charge >= 0.3 is 12.1 Å². The van der Waals surface area contributed by atoms with Gasteiger partial charge in [-0.2, -0.15) is 0 Å². The molecule has 0 aliphatic rings. The third kappa shape index (κ3) is 5.48. The molecule has 1 aromatic carbocycles. The van der Waals surface area contributed by atoms with Crippen molar-refractivity contribution in [2.45, 2.75) is 32.3 Å². The van der Waals surface area contributed by atoms with Crippen LogP contribution < -0.4 is 5.32 Å². The Kier molecular flexibility index (Phi) is 5.58. The monoisotopic (exact) mass is 345 g/mol. The molecule has 1 aromatic heterocycles. The fourth-order valence-electron chi connectivity index (χ4n) is 1.87. The number of amides is 1. The molecule has 132 valence electrons. The van der Waals surface area contributed by atoms with Crippen LogP contribution in [0.4, 0.5) is 4.79 Å². The van der Waals surface area contributed by atoms with E-state index in [1.165, 1.54) is 0 Å². The van der Waals surface area contributed by atoms with E-state index in [2.05, 4.69) is 25.7 Å². The summed E-state index contributed by atoms with van der Waals surface area (Å²) in [6, 6.07) is 9.06. The molecule has 0 aliphatic heterocycles. The van der Waals surface area contributed by atoms with Crippen LogP contribution in [0.5, 0.6) is 0 Å². The molecule has 0 spiro atoms. The number of nitrogens with zero attached hydrogens (tertiary/aromatic N) is 4. The Morgan fingerprint density at radius 3 is 2.24 bits per heavy atom. The molecule has 2 N–H and O–H groups in total. The first-order valence-corrected chi connectivity index (χ1v) is 7.58. The third-order valence-electron chi connectivity index (χ3n) is 2.99. The molecular formula is C16H19N5O4. The van der Waals surface area contributed by atoms with Crippen molar-refractivity contribution in [3.05, 3.63) is 36.2 Å². The SMILES string of the molecule is CC(C)(C)OC(=O)NCC(C(=O)O)c1nnc(-c2ccccc2)nn1. The van der Waals surface area contributed by atoms with Crippen molar-refractivity contribution >= 4 is 12.1 Å². The summed E-state index contributed by atoms with van der Waals surface area (Å²) in [5.41, 5.74) is 0.0348. The molecule has 1 heterocycles. The van der Waals surface area contributed by atoms with Gasteiger partial charge in [0, 0.05) is 12.1 Å². The number of carbonyl (C=O) groups excluding carboxylic acids is 1. The van der Waals surface area contributed by atoms with Gasteiger partial charge in [-0.05, 0) is 20.8 Å². The molecule has 1 unspecified atom stereocenters. The van der Waals surface area contributed by atoms with Crippen molar-refractivity contribution in [1.29, 1.82) is 0 Å².